The van der Waals surface area contributed by atoms with Gasteiger partial charge in [0.05, 0.1) is 6.61 Å². The number of ether oxygens (including phenoxy) is 2. The lowest BCUT2D eigenvalue weighted by molar-refractivity contribution is 0.190. The molecular weight excluding hydrogens is 406 g/mol. The lowest BCUT2D eigenvalue weighted by Crippen LogP contribution is -2.13. The van der Waals surface area contributed by atoms with Crippen molar-refractivity contribution in [3.8, 4) is 16.9 Å². The number of hydrogen-bond acceptors (Lipinski definition) is 2. The first kappa shape index (κ1) is 24.4. The maximum absolute atomic E-state index is 14.5. The Hall–Kier alpha value is -2.20. The number of halogens is 2. The molecule has 0 bridgehead atoms. The van der Waals surface area contributed by atoms with Crippen molar-refractivity contribution >= 4 is 6.08 Å². The molecule has 0 atom stereocenters. The Morgan fingerprint density at radius 1 is 0.906 bits per heavy atom. The summed E-state index contributed by atoms with van der Waals surface area (Å²) in [6, 6.07) is 10.7. The highest BCUT2D eigenvalue weighted by Gasteiger charge is 2.19. The van der Waals surface area contributed by atoms with Gasteiger partial charge in [-0.3, -0.25) is 0 Å². The van der Waals surface area contributed by atoms with Gasteiger partial charge in [0.1, 0.15) is 0 Å². The number of rotatable bonds is 11. The molecule has 1 fully saturated rings. The normalized spacial score (nSPS) is 18.9. The predicted molar refractivity (Wildman–Crippen MR) is 128 cm³/mol. The van der Waals surface area contributed by atoms with Gasteiger partial charge in [-0.05, 0) is 74.1 Å². The predicted octanol–water partition coefficient (Wildman–Crippen LogP) is 8.06. The Labute approximate surface area is 191 Å². The maximum Gasteiger partial charge on any atom is 0.201 e. The molecule has 32 heavy (non-hydrogen) atoms. The van der Waals surface area contributed by atoms with Crippen LogP contribution >= 0.6 is 0 Å². The molecule has 0 radical (unpaired) electrons. The Kier molecular flexibility index (Phi) is 9.73. The van der Waals surface area contributed by atoms with E-state index in [-0.39, 0.29) is 11.3 Å². The van der Waals surface area contributed by atoms with E-state index in [0.717, 1.165) is 18.1 Å². The number of benzene rings is 2. The van der Waals surface area contributed by atoms with Crippen LogP contribution in [0.2, 0.25) is 0 Å². The van der Waals surface area contributed by atoms with E-state index in [0.29, 0.717) is 18.1 Å². The van der Waals surface area contributed by atoms with E-state index >= 15 is 0 Å². The number of methoxy groups -OCH3 is 1. The fourth-order valence-electron chi connectivity index (χ4n) is 4.57. The second-order valence-electron chi connectivity index (χ2n) is 8.78. The van der Waals surface area contributed by atoms with Crippen LogP contribution in [-0.2, 0) is 4.74 Å². The molecule has 174 valence electrons. The SMILES string of the molecule is CCOc1ccc(-c2ccc(/C=C/C3CCC(CCCCCOC)CC3)cc2)c(F)c1F. The summed E-state index contributed by atoms with van der Waals surface area (Å²) in [7, 11) is 1.77. The Morgan fingerprint density at radius 3 is 2.34 bits per heavy atom. The third-order valence-electron chi connectivity index (χ3n) is 6.48. The van der Waals surface area contributed by atoms with Crippen molar-refractivity contribution in [3.63, 3.8) is 0 Å². The molecule has 1 saturated carbocycles. The first-order chi connectivity index (χ1) is 15.6. The molecule has 0 aromatic heterocycles. The van der Waals surface area contributed by atoms with Gasteiger partial charge >= 0.3 is 0 Å². The molecule has 2 nitrogen and oxygen atoms in total. The highest BCUT2D eigenvalue weighted by molar-refractivity contribution is 5.67. The van der Waals surface area contributed by atoms with Crippen LogP contribution in [0.15, 0.2) is 42.5 Å². The van der Waals surface area contributed by atoms with Crippen molar-refractivity contribution < 1.29 is 18.3 Å². The van der Waals surface area contributed by atoms with Crippen LogP contribution in [0.4, 0.5) is 8.78 Å². The zero-order valence-corrected chi connectivity index (χ0v) is 19.4. The smallest absolute Gasteiger partial charge is 0.201 e. The van der Waals surface area contributed by atoms with Gasteiger partial charge in [-0.15, -0.1) is 0 Å². The topological polar surface area (TPSA) is 18.5 Å². The first-order valence-electron chi connectivity index (χ1n) is 12.0. The first-order valence-corrected chi connectivity index (χ1v) is 12.0. The molecule has 2 aromatic rings. The summed E-state index contributed by atoms with van der Waals surface area (Å²) >= 11 is 0. The van der Waals surface area contributed by atoms with Crippen LogP contribution in [0.25, 0.3) is 17.2 Å². The Balaban J connectivity index is 1.50. The fourth-order valence-corrected chi connectivity index (χ4v) is 4.57. The molecule has 0 spiro atoms. The van der Waals surface area contributed by atoms with E-state index in [1.807, 2.05) is 24.3 Å². The molecular formula is C28H36F2O2. The number of hydrogen-bond donors (Lipinski definition) is 0. The Morgan fingerprint density at radius 2 is 1.66 bits per heavy atom. The summed E-state index contributed by atoms with van der Waals surface area (Å²) in [4.78, 5) is 0. The van der Waals surface area contributed by atoms with Gasteiger partial charge in [-0.25, -0.2) is 4.39 Å². The van der Waals surface area contributed by atoms with Crippen molar-refractivity contribution in [2.75, 3.05) is 20.3 Å². The minimum Gasteiger partial charge on any atom is -0.491 e. The summed E-state index contributed by atoms with van der Waals surface area (Å²) in [5.74, 6) is -0.328. The summed E-state index contributed by atoms with van der Waals surface area (Å²) in [5, 5.41) is 0. The van der Waals surface area contributed by atoms with Crippen molar-refractivity contribution in [2.24, 2.45) is 11.8 Å². The standard InChI is InChI=1S/C28H36F2O2/c1-3-32-26-19-18-25(27(29)28(26)30)24-16-14-23(15-17-24)13-12-22-10-8-21(9-11-22)7-5-4-6-20-31-2/h12-19,21-22H,3-11,20H2,1-2H3/b13-12+. The largest absolute Gasteiger partial charge is 0.491 e. The molecule has 0 saturated heterocycles. The van der Waals surface area contributed by atoms with Crippen molar-refractivity contribution in [1.82, 2.24) is 0 Å². The quantitative estimate of drug-likeness (QED) is 0.328. The van der Waals surface area contributed by atoms with Gasteiger partial charge in [-0.2, -0.15) is 4.39 Å². The van der Waals surface area contributed by atoms with E-state index < -0.39 is 11.6 Å². The van der Waals surface area contributed by atoms with Crippen molar-refractivity contribution in [3.05, 3.63) is 59.7 Å². The van der Waals surface area contributed by atoms with Gasteiger partial charge < -0.3 is 9.47 Å². The molecule has 0 heterocycles. The second-order valence-corrected chi connectivity index (χ2v) is 8.78. The monoisotopic (exact) mass is 442 g/mol. The lowest BCUT2D eigenvalue weighted by Gasteiger charge is -2.26. The van der Waals surface area contributed by atoms with Gasteiger partial charge in [0, 0.05) is 19.3 Å². The van der Waals surface area contributed by atoms with Gasteiger partial charge in [0.15, 0.2) is 11.6 Å². The third kappa shape index (κ3) is 6.90. The molecule has 1 aliphatic rings. The summed E-state index contributed by atoms with van der Waals surface area (Å²) in [6.07, 6.45) is 14.8. The Bertz CT molecular complexity index is 852. The average Bonchev–Trinajstić information content (AvgIpc) is 2.82. The average molecular weight is 443 g/mol. The van der Waals surface area contributed by atoms with Gasteiger partial charge in [0.2, 0.25) is 5.82 Å². The molecule has 0 amide bonds. The van der Waals surface area contributed by atoms with Crippen molar-refractivity contribution in [2.45, 2.75) is 58.3 Å². The van der Waals surface area contributed by atoms with E-state index in [9.17, 15) is 8.78 Å². The molecule has 2 aromatic carbocycles. The second kappa shape index (κ2) is 12.7. The summed E-state index contributed by atoms with van der Waals surface area (Å²) < 4.78 is 38.9. The van der Waals surface area contributed by atoms with E-state index in [4.69, 9.17) is 9.47 Å². The fraction of sp³-hybridized carbons (Fsp3) is 0.500. The van der Waals surface area contributed by atoms with E-state index in [1.54, 1.807) is 20.1 Å². The minimum absolute atomic E-state index is 0.0471. The lowest BCUT2D eigenvalue weighted by atomic mass is 9.79. The molecule has 0 unspecified atom stereocenters. The van der Waals surface area contributed by atoms with E-state index in [1.165, 1.54) is 57.4 Å². The summed E-state index contributed by atoms with van der Waals surface area (Å²) in [5.41, 5.74) is 2.00. The minimum atomic E-state index is -0.932. The van der Waals surface area contributed by atoms with Gasteiger partial charge in [0.25, 0.3) is 0 Å². The van der Waals surface area contributed by atoms with E-state index in [2.05, 4.69) is 12.2 Å². The highest BCUT2D eigenvalue weighted by atomic mass is 19.2. The zero-order chi connectivity index (χ0) is 22.8. The number of allylic oxidation sites excluding steroid dienone is 1. The highest BCUT2D eigenvalue weighted by Crippen LogP contribution is 2.33. The molecule has 4 heteroatoms. The van der Waals surface area contributed by atoms with Crippen LogP contribution in [0.3, 0.4) is 0 Å². The molecule has 1 aliphatic carbocycles. The molecule has 0 N–H and O–H groups in total. The van der Waals surface area contributed by atoms with Gasteiger partial charge in [-0.1, -0.05) is 55.7 Å². The third-order valence-corrected chi connectivity index (χ3v) is 6.48. The number of unbranched alkanes of at least 4 members (excludes halogenated alkanes) is 2. The van der Waals surface area contributed by atoms with Crippen LogP contribution in [-0.4, -0.2) is 20.3 Å². The maximum atomic E-state index is 14.5. The molecule has 3 rings (SSSR count). The molecule has 0 aliphatic heterocycles. The van der Waals surface area contributed by atoms with Crippen LogP contribution in [0, 0.1) is 23.5 Å². The summed E-state index contributed by atoms with van der Waals surface area (Å²) in [6.45, 7) is 2.92. The van der Waals surface area contributed by atoms with Crippen LogP contribution < -0.4 is 4.74 Å². The van der Waals surface area contributed by atoms with Crippen molar-refractivity contribution in [1.29, 1.82) is 0 Å². The van der Waals surface area contributed by atoms with Crippen LogP contribution in [0.5, 0.6) is 5.75 Å². The zero-order valence-electron chi connectivity index (χ0n) is 19.4. The van der Waals surface area contributed by atoms with Crippen LogP contribution in [0.1, 0.15) is 63.9 Å².